The van der Waals surface area contributed by atoms with Crippen molar-refractivity contribution in [3.8, 4) is 0 Å². The summed E-state index contributed by atoms with van der Waals surface area (Å²) < 4.78 is 0.943. The van der Waals surface area contributed by atoms with Crippen LogP contribution in [0.2, 0.25) is 0 Å². The summed E-state index contributed by atoms with van der Waals surface area (Å²) in [7, 11) is 1.67. The van der Waals surface area contributed by atoms with Crippen molar-refractivity contribution >= 4 is 56.5 Å². The molecule has 1 amide bonds. The van der Waals surface area contributed by atoms with Crippen LogP contribution in [0.25, 0.3) is 6.08 Å². The van der Waals surface area contributed by atoms with Crippen LogP contribution >= 0.6 is 27.7 Å². The average molecular weight is 417 g/mol. The quantitative estimate of drug-likeness (QED) is 0.753. The molecule has 1 aliphatic rings. The molecule has 0 saturated carbocycles. The van der Waals surface area contributed by atoms with Crippen molar-refractivity contribution in [1.29, 1.82) is 0 Å². The lowest BCUT2D eigenvalue weighted by atomic mass is 10.2. The number of halogens is 1. The van der Waals surface area contributed by atoms with Gasteiger partial charge in [0.2, 0.25) is 0 Å². The lowest BCUT2D eigenvalue weighted by Gasteiger charge is -2.07. The van der Waals surface area contributed by atoms with Crippen LogP contribution in [0, 0.1) is 0 Å². The largest absolute Gasteiger partial charge is 0.478 e. The number of amides is 1. The minimum atomic E-state index is -0.985. The number of rotatable bonds is 3. The molecule has 0 bridgehead atoms. The SMILES string of the molecule is CN1C(=O)C(=Cc2cccc(Br)c2)SC1=Nc1ccc(C(=O)O)cc1. The normalized spacial score (nSPS) is 17.5. The lowest BCUT2D eigenvalue weighted by molar-refractivity contribution is -0.121. The van der Waals surface area contributed by atoms with Crippen molar-refractivity contribution in [3.63, 3.8) is 0 Å². The molecule has 126 valence electrons. The molecule has 1 saturated heterocycles. The van der Waals surface area contributed by atoms with Crippen LogP contribution in [0.4, 0.5) is 5.69 Å². The van der Waals surface area contributed by atoms with Gasteiger partial charge in [-0.05, 0) is 59.8 Å². The van der Waals surface area contributed by atoms with Crippen molar-refractivity contribution in [2.45, 2.75) is 0 Å². The van der Waals surface area contributed by atoms with E-state index >= 15 is 0 Å². The van der Waals surface area contributed by atoms with Crippen molar-refractivity contribution in [2.75, 3.05) is 7.05 Å². The second kappa shape index (κ2) is 7.25. The number of carbonyl (C=O) groups is 2. The molecular formula is C18H13BrN2O3S. The molecule has 2 aromatic carbocycles. The second-order valence-corrected chi connectivity index (χ2v) is 7.20. The Labute approximate surface area is 157 Å². The first kappa shape index (κ1) is 17.4. The molecule has 0 aromatic heterocycles. The molecule has 3 rings (SSSR count). The van der Waals surface area contributed by atoms with Crippen LogP contribution in [0.5, 0.6) is 0 Å². The fourth-order valence-electron chi connectivity index (χ4n) is 2.19. The fraction of sp³-hybridized carbons (Fsp3) is 0.0556. The van der Waals surface area contributed by atoms with Crippen LogP contribution in [-0.2, 0) is 4.79 Å². The molecule has 25 heavy (non-hydrogen) atoms. The van der Waals surface area contributed by atoms with Gasteiger partial charge in [0.05, 0.1) is 16.2 Å². The Bertz CT molecular complexity index is 907. The third-order valence-electron chi connectivity index (χ3n) is 3.49. The van der Waals surface area contributed by atoms with Crippen molar-refractivity contribution in [3.05, 3.63) is 69.0 Å². The number of carboxylic acid groups (broad SMARTS) is 1. The lowest BCUT2D eigenvalue weighted by Crippen LogP contribution is -2.23. The molecule has 0 aliphatic carbocycles. The van der Waals surface area contributed by atoms with E-state index in [4.69, 9.17) is 5.11 Å². The smallest absolute Gasteiger partial charge is 0.335 e. The molecule has 7 heteroatoms. The fourth-order valence-corrected chi connectivity index (χ4v) is 3.59. The van der Waals surface area contributed by atoms with Crippen molar-refractivity contribution < 1.29 is 14.7 Å². The first-order valence-corrected chi connectivity index (χ1v) is 8.90. The van der Waals surface area contributed by atoms with Crippen LogP contribution < -0.4 is 0 Å². The molecule has 1 aliphatic heterocycles. The zero-order valence-electron chi connectivity index (χ0n) is 13.1. The zero-order chi connectivity index (χ0) is 18.0. The Hall–Kier alpha value is -2.38. The number of hydrogen-bond donors (Lipinski definition) is 1. The first-order chi connectivity index (χ1) is 11.9. The van der Waals surface area contributed by atoms with Gasteiger partial charge in [0.25, 0.3) is 5.91 Å². The number of likely N-dealkylation sites (N-methyl/N-ethyl adjacent to an activating group) is 1. The number of aliphatic imine (C=N–C) groups is 1. The van der Waals surface area contributed by atoms with Crippen LogP contribution in [0.1, 0.15) is 15.9 Å². The van der Waals surface area contributed by atoms with E-state index in [9.17, 15) is 9.59 Å². The number of aromatic carboxylic acids is 1. The van der Waals surface area contributed by atoms with Gasteiger partial charge in [-0.15, -0.1) is 0 Å². The summed E-state index contributed by atoms with van der Waals surface area (Å²) in [6.45, 7) is 0. The third-order valence-corrected chi connectivity index (χ3v) is 5.04. The van der Waals surface area contributed by atoms with Gasteiger partial charge in [-0.25, -0.2) is 9.79 Å². The number of benzene rings is 2. The summed E-state index contributed by atoms with van der Waals surface area (Å²) in [6.07, 6.45) is 1.82. The number of hydrogen-bond acceptors (Lipinski definition) is 4. The Balaban J connectivity index is 1.86. The van der Waals surface area contributed by atoms with Crippen LogP contribution in [0.15, 0.2) is 62.9 Å². The van der Waals surface area contributed by atoms with Gasteiger partial charge in [-0.1, -0.05) is 28.1 Å². The maximum Gasteiger partial charge on any atom is 0.335 e. The predicted molar refractivity (Wildman–Crippen MR) is 103 cm³/mol. The van der Waals surface area contributed by atoms with Crippen molar-refractivity contribution in [1.82, 2.24) is 4.90 Å². The predicted octanol–water partition coefficient (Wildman–Crippen LogP) is 4.38. The van der Waals surface area contributed by atoms with Gasteiger partial charge in [0.15, 0.2) is 5.17 Å². The number of thioether (sulfide) groups is 1. The Morgan fingerprint density at radius 2 is 1.96 bits per heavy atom. The first-order valence-electron chi connectivity index (χ1n) is 7.29. The topological polar surface area (TPSA) is 70.0 Å². The zero-order valence-corrected chi connectivity index (χ0v) is 15.5. The molecule has 0 spiro atoms. The number of carbonyl (C=O) groups excluding carboxylic acids is 1. The van der Waals surface area contributed by atoms with E-state index < -0.39 is 5.97 Å². The molecule has 0 atom stereocenters. The van der Waals surface area contributed by atoms with Gasteiger partial charge in [0.1, 0.15) is 0 Å². The summed E-state index contributed by atoms with van der Waals surface area (Å²) in [6, 6.07) is 13.9. The maximum absolute atomic E-state index is 12.4. The molecule has 2 aromatic rings. The highest BCUT2D eigenvalue weighted by atomic mass is 79.9. The monoisotopic (exact) mass is 416 g/mol. The molecule has 5 nitrogen and oxygen atoms in total. The Morgan fingerprint density at radius 1 is 1.24 bits per heavy atom. The molecule has 0 unspecified atom stereocenters. The van der Waals surface area contributed by atoms with Gasteiger partial charge in [-0.2, -0.15) is 0 Å². The molecule has 1 fully saturated rings. The summed E-state index contributed by atoms with van der Waals surface area (Å²) in [5.74, 6) is -1.10. The van der Waals surface area contributed by atoms with E-state index in [1.54, 1.807) is 19.2 Å². The molecule has 1 N–H and O–H groups in total. The Morgan fingerprint density at radius 3 is 2.60 bits per heavy atom. The van der Waals surface area contributed by atoms with Gasteiger partial charge in [-0.3, -0.25) is 9.69 Å². The average Bonchev–Trinajstić information content (AvgIpc) is 2.83. The van der Waals surface area contributed by atoms with E-state index in [0.29, 0.717) is 15.8 Å². The van der Waals surface area contributed by atoms with E-state index in [0.717, 1.165) is 10.0 Å². The summed E-state index contributed by atoms with van der Waals surface area (Å²) in [5, 5.41) is 9.48. The number of carboxylic acids is 1. The number of nitrogens with zero attached hydrogens (tertiary/aromatic N) is 2. The summed E-state index contributed by atoms with van der Waals surface area (Å²) in [5.41, 5.74) is 1.71. The minimum Gasteiger partial charge on any atom is -0.478 e. The molecular weight excluding hydrogens is 404 g/mol. The minimum absolute atomic E-state index is 0.120. The summed E-state index contributed by atoms with van der Waals surface area (Å²) >= 11 is 4.70. The van der Waals surface area contributed by atoms with E-state index in [2.05, 4.69) is 20.9 Å². The molecule has 0 radical (unpaired) electrons. The third kappa shape index (κ3) is 4.00. The van der Waals surface area contributed by atoms with Gasteiger partial charge < -0.3 is 5.11 Å². The standard InChI is InChI=1S/C18H13BrN2O3S/c1-21-16(22)15(10-11-3-2-4-13(19)9-11)25-18(21)20-14-7-5-12(6-8-14)17(23)24/h2-10H,1H3,(H,23,24). The summed E-state index contributed by atoms with van der Waals surface area (Å²) in [4.78, 5) is 29.8. The van der Waals surface area contributed by atoms with Crippen molar-refractivity contribution in [2.24, 2.45) is 4.99 Å². The maximum atomic E-state index is 12.4. The van der Waals surface area contributed by atoms with E-state index in [-0.39, 0.29) is 11.5 Å². The highest BCUT2D eigenvalue weighted by molar-refractivity contribution is 9.10. The second-order valence-electron chi connectivity index (χ2n) is 5.28. The highest BCUT2D eigenvalue weighted by Gasteiger charge is 2.30. The van der Waals surface area contributed by atoms with Crippen LogP contribution in [0.3, 0.4) is 0 Å². The van der Waals surface area contributed by atoms with Gasteiger partial charge >= 0.3 is 5.97 Å². The number of amidine groups is 1. The Kier molecular flexibility index (Phi) is 5.06. The van der Waals surface area contributed by atoms with E-state index in [1.807, 2.05) is 30.3 Å². The van der Waals surface area contributed by atoms with Crippen LogP contribution in [-0.4, -0.2) is 34.1 Å². The van der Waals surface area contributed by atoms with Gasteiger partial charge in [0, 0.05) is 11.5 Å². The molecule has 1 heterocycles. The highest BCUT2D eigenvalue weighted by Crippen LogP contribution is 2.33. The van der Waals surface area contributed by atoms with E-state index in [1.165, 1.54) is 28.8 Å².